The van der Waals surface area contributed by atoms with Gasteiger partial charge in [0.2, 0.25) is 0 Å². The number of fused-ring (bicyclic) bond motifs is 5. The second kappa shape index (κ2) is 13.5. The van der Waals surface area contributed by atoms with Crippen LogP contribution in [-0.4, -0.2) is 19.5 Å². The van der Waals surface area contributed by atoms with E-state index in [1.807, 2.05) is 84.9 Å². The zero-order valence-electron chi connectivity index (χ0n) is 30.6. The fraction of sp³-hybridized carbons (Fsp3) is 0. The molecule has 0 saturated carbocycles. The maximum atomic E-state index is 6.60. The summed E-state index contributed by atoms with van der Waals surface area (Å²) < 4.78 is 15.3. The van der Waals surface area contributed by atoms with Gasteiger partial charge in [-0.05, 0) is 70.6 Å². The molecule has 0 unspecified atom stereocenters. The molecule has 268 valence electrons. The van der Waals surface area contributed by atoms with Gasteiger partial charge in [0, 0.05) is 44.9 Å². The molecule has 0 saturated heterocycles. The van der Waals surface area contributed by atoms with Crippen molar-refractivity contribution in [2.45, 2.75) is 0 Å². The van der Waals surface area contributed by atoms with E-state index in [0.29, 0.717) is 40.5 Å². The highest BCUT2D eigenvalue weighted by atomic mass is 16.6. The highest BCUT2D eigenvalue weighted by molar-refractivity contribution is 6.12. The smallest absolute Gasteiger partial charge is 0.170 e. The molecule has 0 N–H and O–H groups in total. The number of benzene rings is 8. The lowest BCUT2D eigenvalue weighted by molar-refractivity contribution is 0.360. The summed E-state index contributed by atoms with van der Waals surface area (Å²) in [6.07, 6.45) is 2.27. The third-order valence-corrected chi connectivity index (χ3v) is 10.5. The maximum Gasteiger partial charge on any atom is 0.170 e. The largest absolute Gasteiger partial charge is 0.450 e. The van der Waals surface area contributed by atoms with Crippen LogP contribution in [0.4, 0.5) is 0 Å². The molecule has 3 heterocycles. The van der Waals surface area contributed by atoms with Crippen LogP contribution in [0.5, 0.6) is 23.0 Å². The molecule has 11 rings (SSSR count). The predicted octanol–water partition coefficient (Wildman–Crippen LogP) is 13.2. The molecular formula is C51H32N4O2. The molecule has 57 heavy (non-hydrogen) atoms. The fourth-order valence-corrected chi connectivity index (χ4v) is 7.72. The first kappa shape index (κ1) is 32.6. The molecule has 6 heteroatoms. The summed E-state index contributed by atoms with van der Waals surface area (Å²) in [7, 11) is 0. The molecule has 0 bridgehead atoms. The molecule has 0 fully saturated rings. The molecule has 1 aliphatic rings. The van der Waals surface area contributed by atoms with Gasteiger partial charge < -0.3 is 14.0 Å². The number of aromatic nitrogens is 4. The minimum Gasteiger partial charge on any atom is -0.450 e. The Balaban J connectivity index is 0.951. The molecular weight excluding hydrogens is 701 g/mol. The Kier molecular flexibility index (Phi) is 7.71. The Labute approximate surface area is 328 Å². The van der Waals surface area contributed by atoms with E-state index in [4.69, 9.17) is 24.4 Å². The molecule has 8 aromatic carbocycles. The molecule has 0 atom stereocenters. The van der Waals surface area contributed by atoms with Crippen molar-refractivity contribution < 1.29 is 9.47 Å². The van der Waals surface area contributed by atoms with Crippen LogP contribution in [0.25, 0.3) is 83.8 Å². The van der Waals surface area contributed by atoms with Crippen molar-refractivity contribution in [1.82, 2.24) is 19.5 Å². The number of para-hydroxylation sites is 1. The Morgan fingerprint density at radius 1 is 0.351 bits per heavy atom. The normalized spacial score (nSPS) is 11.8. The molecule has 0 spiro atoms. The van der Waals surface area contributed by atoms with Crippen LogP contribution in [0.15, 0.2) is 194 Å². The molecule has 10 aromatic rings. The van der Waals surface area contributed by atoms with Crippen LogP contribution in [-0.2, 0) is 0 Å². The average Bonchev–Trinajstić information content (AvgIpc) is 3.69. The van der Waals surface area contributed by atoms with E-state index in [1.165, 1.54) is 27.2 Å². The van der Waals surface area contributed by atoms with Crippen molar-refractivity contribution in [3.63, 3.8) is 0 Å². The Morgan fingerprint density at radius 2 is 0.877 bits per heavy atom. The van der Waals surface area contributed by atoms with Crippen LogP contribution < -0.4 is 9.47 Å². The van der Waals surface area contributed by atoms with Gasteiger partial charge in [-0.15, -0.1) is 0 Å². The molecule has 1 aliphatic heterocycles. The highest BCUT2D eigenvalue weighted by Crippen LogP contribution is 2.48. The quantitative estimate of drug-likeness (QED) is 0.170. The summed E-state index contributed by atoms with van der Waals surface area (Å²) in [4.78, 5) is 14.7. The third kappa shape index (κ3) is 5.88. The van der Waals surface area contributed by atoms with Crippen LogP contribution in [0.3, 0.4) is 0 Å². The summed E-state index contributed by atoms with van der Waals surface area (Å²) in [6.45, 7) is 0. The molecule has 0 aliphatic carbocycles. The van der Waals surface area contributed by atoms with Gasteiger partial charge in [0.05, 0.1) is 5.52 Å². The number of nitrogens with zero attached hydrogens (tertiary/aromatic N) is 4. The lowest BCUT2D eigenvalue weighted by atomic mass is 9.97. The molecule has 2 aromatic heterocycles. The van der Waals surface area contributed by atoms with Crippen LogP contribution in [0, 0.1) is 0 Å². The lowest BCUT2D eigenvalue weighted by Gasteiger charge is -2.22. The van der Waals surface area contributed by atoms with Crippen molar-refractivity contribution in [2.24, 2.45) is 0 Å². The SMILES string of the molecule is c1ccc(-c2nc(-c3ccccc3)nc(-c3ccc4c(c3)Oc3cc(-c5cccc(-c6cn(-c7ccccc7)c7c6ccc6ccccc67)c5)ccc3O4)n2)cc1. The molecule has 0 radical (unpaired) electrons. The zero-order valence-corrected chi connectivity index (χ0v) is 30.6. The molecule has 6 nitrogen and oxygen atoms in total. The second-order valence-electron chi connectivity index (χ2n) is 14.1. The number of hydrogen-bond donors (Lipinski definition) is 0. The van der Waals surface area contributed by atoms with E-state index in [9.17, 15) is 0 Å². The first-order valence-corrected chi connectivity index (χ1v) is 18.9. The van der Waals surface area contributed by atoms with Crippen LogP contribution in [0.2, 0.25) is 0 Å². The number of ether oxygens (including phenoxy) is 2. The first-order chi connectivity index (χ1) is 28.2. The topological polar surface area (TPSA) is 62.1 Å². The van der Waals surface area contributed by atoms with E-state index in [-0.39, 0.29) is 0 Å². The maximum absolute atomic E-state index is 6.60. The number of rotatable bonds is 6. The van der Waals surface area contributed by atoms with E-state index >= 15 is 0 Å². The summed E-state index contributed by atoms with van der Waals surface area (Å²) >= 11 is 0. The van der Waals surface area contributed by atoms with Crippen LogP contribution >= 0.6 is 0 Å². The van der Waals surface area contributed by atoms with Gasteiger partial charge in [-0.2, -0.15) is 0 Å². The minimum absolute atomic E-state index is 0.548. The minimum atomic E-state index is 0.548. The van der Waals surface area contributed by atoms with Gasteiger partial charge in [-0.3, -0.25) is 0 Å². The van der Waals surface area contributed by atoms with Crippen molar-refractivity contribution >= 4 is 21.7 Å². The Hall–Kier alpha value is -7.83. The zero-order chi connectivity index (χ0) is 37.7. The van der Waals surface area contributed by atoms with Crippen molar-refractivity contribution in [3.8, 4) is 85.1 Å². The third-order valence-electron chi connectivity index (χ3n) is 10.5. The fourth-order valence-electron chi connectivity index (χ4n) is 7.72. The van der Waals surface area contributed by atoms with Gasteiger partial charge in [0.15, 0.2) is 40.5 Å². The van der Waals surface area contributed by atoms with Crippen molar-refractivity contribution in [1.29, 1.82) is 0 Å². The van der Waals surface area contributed by atoms with Gasteiger partial charge >= 0.3 is 0 Å². The van der Waals surface area contributed by atoms with E-state index in [2.05, 4.69) is 114 Å². The highest BCUT2D eigenvalue weighted by Gasteiger charge is 2.22. The molecule has 0 amide bonds. The van der Waals surface area contributed by atoms with E-state index in [0.717, 1.165) is 39.1 Å². The van der Waals surface area contributed by atoms with Gasteiger partial charge in [-0.25, -0.2) is 15.0 Å². The Bertz CT molecular complexity index is 3070. The van der Waals surface area contributed by atoms with Gasteiger partial charge in [0.25, 0.3) is 0 Å². The van der Waals surface area contributed by atoms with Gasteiger partial charge in [0.1, 0.15) is 0 Å². The van der Waals surface area contributed by atoms with Crippen LogP contribution in [0.1, 0.15) is 0 Å². The first-order valence-electron chi connectivity index (χ1n) is 18.9. The Morgan fingerprint density at radius 3 is 1.58 bits per heavy atom. The predicted molar refractivity (Wildman–Crippen MR) is 228 cm³/mol. The van der Waals surface area contributed by atoms with E-state index < -0.39 is 0 Å². The summed E-state index contributed by atoms with van der Waals surface area (Å²) in [5.41, 5.74) is 9.35. The summed E-state index contributed by atoms with van der Waals surface area (Å²) in [5, 5.41) is 3.64. The monoisotopic (exact) mass is 732 g/mol. The average molecular weight is 733 g/mol. The standard InChI is InChI=1S/C51H32N4O2/c1-4-14-34(15-5-1)49-52-50(35-16-6-2-7-17-35)54-51(53-49)39-25-28-45-47(31-39)57-46-30-37(24-27-44(46)56-45)36-18-12-19-38(29-36)43-32-55(40-20-8-3-9-21-40)48-41-22-11-10-13-33(41)23-26-42(43)48/h1-32H. The summed E-state index contributed by atoms with van der Waals surface area (Å²) in [5.74, 6) is 4.27. The van der Waals surface area contributed by atoms with Crippen molar-refractivity contribution in [2.75, 3.05) is 0 Å². The number of hydrogen-bond acceptors (Lipinski definition) is 5. The van der Waals surface area contributed by atoms with Gasteiger partial charge in [-0.1, -0.05) is 140 Å². The second-order valence-corrected chi connectivity index (χ2v) is 14.1. The van der Waals surface area contributed by atoms with Crippen molar-refractivity contribution in [3.05, 3.63) is 194 Å². The van der Waals surface area contributed by atoms with E-state index in [1.54, 1.807) is 0 Å². The lowest BCUT2D eigenvalue weighted by Crippen LogP contribution is -2.02. The summed E-state index contributed by atoms with van der Waals surface area (Å²) in [6, 6.07) is 64.2.